The number of amides is 3. The number of rotatable bonds is 6. The van der Waals surface area contributed by atoms with Crippen molar-refractivity contribution >= 4 is 17.8 Å². The third-order valence-electron chi connectivity index (χ3n) is 7.06. The summed E-state index contributed by atoms with van der Waals surface area (Å²) < 4.78 is 1.45. The molecule has 0 saturated carbocycles. The lowest BCUT2D eigenvalue weighted by Gasteiger charge is -2.35. The fourth-order valence-corrected chi connectivity index (χ4v) is 4.66. The fourth-order valence-electron chi connectivity index (χ4n) is 4.66. The number of aryl methyl sites for hydroxylation is 1. The first-order valence-electron chi connectivity index (χ1n) is 12.6. The van der Waals surface area contributed by atoms with Crippen LogP contribution in [0.3, 0.4) is 0 Å². The van der Waals surface area contributed by atoms with E-state index >= 15 is 0 Å². The summed E-state index contributed by atoms with van der Waals surface area (Å²) >= 11 is 0. The van der Waals surface area contributed by atoms with Gasteiger partial charge in [0, 0.05) is 45.0 Å². The van der Waals surface area contributed by atoms with E-state index in [1.54, 1.807) is 17.2 Å². The number of piperazine rings is 1. The molecule has 3 heterocycles. The van der Waals surface area contributed by atoms with Crippen molar-refractivity contribution < 1.29 is 14.7 Å². The Hall–Kier alpha value is -3.32. The molecule has 1 aromatic carbocycles. The standard InChI is InChI=1S/C25H36N8O4/c1-17-14-20(3-2-18(17)15-30-7-4-19(26)5-8-30)33-9-6-22(29-25(33)37)28-24(36)32-12-10-31(11-13-32)23(35)21(27)16-34/h2-3,6,9,14,19,21,34H,4-5,7-8,10-13,15-16,26-27H2,1H3,(H,28,29,36,37). The van der Waals surface area contributed by atoms with E-state index in [1.807, 2.05) is 25.1 Å². The minimum Gasteiger partial charge on any atom is -0.394 e. The molecule has 2 aliphatic rings. The van der Waals surface area contributed by atoms with E-state index in [-0.39, 0.29) is 11.7 Å². The van der Waals surface area contributed by atoms with E-state index in [4.69, 9.17) is 16.6 Å². The van der Waals surface area contributed by atoms with Crippen LogP contribution < -0.4 is 22.5 Å². The highest BCUT2D eigenvalue weighted by molar-refractivity contribution is 5.88. The highest BCUT2D eigenvalue weighted by atomic mass is 16.3. The van der Waals surface area contributed by atoms with Crippen molar-refractivity contribution in [3.05, 3.63) is 52.1 Å². The number of carbonyl (C=O) groups excluding carboxylic acids is 2. The van der Waals surface area contributed by atoms with Gasteiger partial charge in [-0.2, -0.15) is 4.98 Å². The lowest BCUT2D eigenvalue weighted by molar-refractivity contribution is -0.134. The molecule has 37 heavy (non-hydrogen) atoms. The molecular formula is C25H36N8O4. The summed E-state index contributed by atoms with van der Waals surface area (Å²) in [6, 6.07) is 6.44. The molecule has 4 rings (SSSR count). The first-order chi connectivity index (χ1) is 17.7. The summed E-state index contributed by atoms with van der Waals surface area (Å²) in [6.45, 7) is 5.69. The summed E-state index contributed by atoms with van der Waals surface area (Å²) in [7, 11) is 0. The number of urea groups is 1. The summed E-state index contributed by atoms with van der Waals surface area (Å²) in [5, 5.41) is 11.7. The van der Waals surface area contributed by atoms with Gasteiger partial charge in [0.2, 0.25) is 5.91 Å². The molecule has 12 nitrogen and oxygen atoms in total. The number of aliphatic hydroxyl groups excluding tert-OH is 1. The molecule has 1 unspecified atom stereocenters. The second-order valence-corrected chi connectivity index (χ2v) is 9.72. The fraction of sp³-hybridized carbons (Fsp3) is 0.520. The predicted molar refractivity (Wildman–Crippen MR) is 139 cm³/mol. The molecule has 0 spiro atoms. The topological polar surface area (TPSA) is 163 Å². The second kappa shape index (κ2) is 11.8. The van der Waals surface area contributed by atoms with Crippen LogP contribution in [0.15, 0.2) is 35.3 Å². The van der Waals surface area contributed by atoms with Crippen LogP contribution >= 0.6 is 0 Å². The lowest BCUT2D eigenvalue weighted by Crippen LogP contribution is -2.55. The smallest absolute Gasteiger partial charge is 0.354 e. The molecule has 2 aliphatic heterocycles. The molecule has 0 radical (unpaired) electrons. The van der Waals surface area contributed by atoms with E-state index < -0.39 is 24.4 Å². The summed E-state index contributed by atoms with van der Waals surface area (Å²) in [5.41, 5.74) is 14.1. The van der Waals surface area contributed by atoms with Gasteiger partial charge in [0.25, 0.3) is 0 Å². The van der Waals surface area contributed by atoms with Crippen LogP contribution in [0.4, 0.5) is 10.6 Å². The predicted octanol–water partition coefficient (Wildman–Crippen LogP) is -0.540. The van der Waals surface area contributed by atoms with Crippen LogP contribution in [0.2, 0.25) is 0 Å². The number of aromatic nitrogens is 2. The van der Waals surface area contributed by atoms with Crippen LogP contribution in [0.5, 0.6) is 0 Å². The van der Waals surface area contributed by atoms with Gasteiger partial charge in [0.05, 0.1) is 12.3 Å². The molecular weight excluding hydrogens is 476 g/mol. The maximum atomic E-state index is 12.7. The zero-order chi connectivity index (χ0) is 26.5. The highest BCUT2D eigenvalue weighted by Gasteiger charge is 2.27. The number of nitrogens with one attached hydrogen (secondary N) is 1. The molecule has 6 N–H and O–H groups in total. The van der Waals surface area contributed by atoms with Crippen molar-refractivity contribution in [2.75, 3.05) is 51.2 Å². The summed E-state index contributed by atoms with van der Waals surface area (Å²) in [6.07, 6.45) is 3.62. The maximum Gasteiger partial charge on any atom is 0.354 e. The average Bonchev–Trinajstić information content (AvgIpc) is 2.90. The van der Waals surface area contributed by atoms with Crippen molar-refractivity contribution in [3.63, 3.8) is 0 Å². The number of hydrogen-bond acceptors (Lipinski definition) is 8. The Balaban J connectivity index is 1.35. The Morgan fingerprint density at radius 1 is 1.11 bits per heavy atom. The van der Waals surface area contributed by atoms with E-state index in [2.05, 4.69) is 15.2 Å². The number of hydrogen-bond donors (Lipinski definition) is 4. The van der Waals surface area contributed by atoms with Crippen LogP contribution in [-0.4, -0.2) is 99.3 Å². The van der Waals surface area contributed by atoms with Gasteiger partial charge in [-0.15, -0.1) is 0 Å². The number of aliphatic hydroxyl groups is 1. The number of likely N-dealkylation sites (tertiary alicyclic amines) is 1. The number of carbonyl (C=O) groups is 2. The third kappa shape index (κ3) is 6.52. The summed E-state index contributed by atoms with van der Waals surface area (Å²) in [4.78, 5) is 47.0. The third-order valence-corrected chi connectivity index (χ3v) is 7.06. The van der Waals surface area contributed by atoms with Crippen LogP contribution in [0.1, 0.15) is 24.0 Å². The number of nitrogens with two attached hydrogens (primary N) is 2. The van der Waals surface area contributed by atoms with Gasteiger partial charge in [0.15, 0.2) is 0 Å². The van der Waals surface area contributed by atoms with Crippen molar-refractivity contribution in [2.24, 2.45) is 11.5 Å². The van der Waals surface area contributed by atoms with Crippen molar-refractivity contribution in [1.82, 2.24) is 24.3 Å². The van der Waals surface area contributed by atoms with Gasteiger partial charge in [0.1, 0.15) is 11.9 Å². The summed E-state index contributed by atoms with van der Waals surface area (Å²) in [5.74, 6) is -0.184. The zero-order valence-corrected chi connectivity index (χ0v) is 21.2. The van der Waals surface area contributed by atoms with E-state index in [9.17, 15) is 14.4 Å². The largest absolute Gasteiger partial charge is 0.394 e. The lowest BCUT2D eigenvalue weighted by atomic mass is 10.0. The van der Waals surface area contributed by atoms with Crippen LogP contribution in [0.25, 0.3) is 5.69 Å². The number of piperidine rings is 1. The number of anilines is 1. The van der Waals surface area contributed by atoms with Crippen LogP contribution in [0, 0.1) is 6.92 Å². The quantitative estimate of drug-likeness (QED) is 0.401. The average molecular weight is 513 g/mol. The molecule has 2 saturated heterocycles. The molecule has 1 aromatic heterocycles. The Morgan fingerprint density at radius 2 is 1.78 bits per heavy atom. The SMILES string of the molecule is Cc1cc(-n2ccc(NC(=O)N3CCN(C(=O)C(N)CO)CC3)nc2=O)ccc1CN1CCC(N)CC1. The van der Waals surface area contributed by atoms with Crippen LogP contribution in [-0.2, 0) is 11.3 Å². The first-order valence-corrected chi connectivity index (χ1v) is 12.6. The van der Waals surface area contributed by atoms with E-state index in [0.29, 0.717) is 37.9 Å². The van der Waals surface area contributed by atoms with Gasteiger partial charge in [-0.05, 0) is 62.2 Å². The molecule has 2 aromatic rings. The van der Waals surface area contributed by atoms with Crippen molar-refractivity contribution in [3.8, 4) is 5.69 Å². The maximum absolute atomic E-state index is 12.7. The zero-order valence-electron chi connectivity index (χ0n) is 21.2. The Kier molecular flexibility index (Phi) is 8.54. The Bertz CT molecular complexity index is 1170. The number of nitrogens with zero attached hydrogens (tertiary/aromatic N) is 5. The normalized spacial score (nSPS) is 18.1. The van der Waals surface area contributed by atoms with Gasteiger partial charge in [-0.1, -0.05) is 6.07 Å². The number of benzene rings is 1. The monoisotopic (exact) mass is 512 g/mol. The van der Waals surface area contributed by atoms with E-state index in [0.717, 1.165) is 38.0 Å². The Morgan fingerprint density at radius 3 is 2.41 bits per heavy atom. The van der Waals surface area contributed by atoms with Crippen molar-refractivity contribution in [1.29, 1.82) is 0 Å². The van der Waals surface area contributed by atoms with E-state index in [1.165, 1.54) is 15.0 Å². The molecule has 3 amide bonds. The van der Waals surface area contributed by atoms with Crippen molar-refractivity contribution in [2.45, 2.75) is 38.4 Å². The molecule has 1 atom stereocenters. The van der Waals surface area contributed by atoms with Gasteiger partial charge < -0.3 is 26.4 Å². The Labute approximate surface area is 215 Å². The molecule has 200 valence electrons. The molecule has 12 heteroatoms. The highest BCUT2D eigenvalue weighted by Crippen LogP contribution is 2.18. The molecule has 0 bridgehead atoms. The first kappa shape index (κ1) is 26.7. The van der Waals surface area contributed by atoms with Gasteiger partial charge >= 0.3 is 11.7 Å². The van der Waals surface area contributed by atoms with Gasteiger partial charge in [-0.3, -0.25) is 19.6 Å². The molecule has 2 fully saturated rings. The molecule has 0 aliphatic carbocycles. The minimum absolute atomic E-state index is 0.156. The minimum atomic E-state index is -0.954. The second-order valence-electron chi connectivity index (χ2n) is 9.72. The van der Waals surface area contributed by atoms with Gasteiger partial charge in [-0.25, -0.2) is 9.59 Å².